The first-order valence-corrected chi connectivity index (χ1v) is 9.13. The van der Waals surface area contributed by atoms with Crippen LogP contribution in [-0.2, 0) is 4.74 Å². The van der Waals surface area contributed by atoms with E-state index in [9.17, 15) is 9.59 Å². The first kappa shape index (κ1) is 15.7. The van der Waals surface area contributed by atoms with Gasteiger partial charge >= 0.3 is 11.9 Å². The monoisotopic (exact) mass is 370 g/mol. The molecule has 1 heterocycles. The standard InChI is InChI=1S/C26H10O3/c27-25-20-13-11-18-9-7-16-5-1-3-15-4-2-6-17(22(15)16)8-10-19-12-14-21(26(28)29-25)24(20)23(18)19/h1-6,11-14H. The number of hydrogen-bond donors (Lipinski definition) is 0. The summed E-state index contributed by atoms with van der Waals surface area (Å²) >= 11 is 0. The van der Waals surface area contributed by atoms with Crippen LogP contribution < -0.4 is 0 Å². The molecule has 1 aliphatic heterocycles. The minimum Gasteiger partial charge on any atom is -0.386 e. The van der Waals surface area contributed by atoms with E-state index in [2.05, 4.69) is 24.3 Å². The molecule has 0 saturated heterocycles. The number of esters is 2. The molecule has 5 aromatic rings. The molecule has 0 amide bonds. The molecular formula is C26H10O3. The minimum atomic E-state index is -0.640. The summed E-state index contributed by atoms with van der Waals surface area (Å²) in [5.41, 5.74) is 0.728. The molecule has 3 nitrogen and oxygen atoms in total. The van der Waals surface area contributed by atoms with Crippen molar-refractivity contribution in [1.29, 1.82) is 0 Å². The second-order valence-electron chi connectivity index (χ2n) is 6.96. The fourth-order valence-electron chi connectivity index (χ4n) is 4.06. The summed E-state index contributed by atoms with van der Waals surface area (Å²) in [4.78, 5) is 24.5. The first-order chi connectivity index (χ1) is 14.2. The average Bonchev–Trinajstić information content (AvgIpc) is 2.74. The molecule has 0 radical (unpaired) electrons. The van der Waals surface area contributed by atoms with Gasteiger partial charge in [-0.25, -0.2) is 9.59 Å². The van der Waals surface area contributed by atoms with Gasteiger partial charge in [-0.15, -0.1) is 0 Å². The van der Waals surface area contributed by atoms with Gasteiger partial charge in [0.25, 0.3) is 0 Å². The van der Waals surface area contributed by atoms with Gasteiger partial charge in [-0.05, 0) is 41.8 Å². The fraction of sp³-hybridized carbons (Fsp3) is 0. The van der Waals surface area contributed by atoms with Crippen LogP contribution in [0.3, 0.4) is 0 Å². The molecule has 0 aromatic heterocycles. The number of benzene rings is 4. The van der Waals surface area contributed by atoms with Gasteiger partial charge in [0.2, 0.25) is 0 Å². The molecule has 6 rings (SSSR count). The molecule has 0 spiro atoms. The maximum atomic E-state index is 12.3. The van der Waals surface area contributed by atoms with E-state index in [4.69, 9.17) is 4.74 Å². The molecule has 0 saturated carbocycles. The zero-order valence-electron chi connectivity index (χ0n) is 15.0. The third-order valence-corrected chi connectivity index (χ3v) is 5.35. The Morgan fingerprint density at radius 2 is 1.00 bits per heavy atom. The molecule has 0 bridgehead atoms. The number of carbonyl (C=O) groups excluding carboxylic acids is 2. The largest absolute Gasteiger partial charge is 0.386 e. The Labute approximate surface area is 165 Å². The molecule has 5 aromatic carbocycles. The van der Waals surface area contributed by atoms with E-state index in [0.717, 1.165) is 37.7 Å². The lowest BCUT2D eigenvalue weighted by Gasteiger charge is -2.15. The quantitative estimate of drug-likeness (QED) is 0.272. The smallest absolute Gasteiger partial charge is 0.346 e. The van der Waals surface area contributed by atoms with Gasteiger partial charge in [-0.2, -0.15) is 0 Å². The van der Waals surface area contributed by atoms with E-state index in [1.54, 1.807) is 24.3 Å². The van der Waals surface area contributed by atoms with Crippen LogP contribution >= 0.6 is 0 Å². The summed E-state index contributed by atoms with van der Waals surface area (Å²) in [5, 5.41) is 6.65. The van der Waals surface area contributed by atoms with Crippen LogP contribution in [0.2, 0.25) is 0 Å². The highest BCUT2D eigenvalue weighted by molar-refractivity contribution is 6.26. The molecule has 0 atom stereocenters. The first-order valence-electron chi connectivity index (χ1n) is 9.13. The van der Waals surface area contributed by atoms with Gasteiger partial charge in [0.1, 0.15) is 0 Å². The maximum absolute atomic E-state index is 12.3. The lowest BCUT2D eigenvalue weighted by atomic mass is 9.93. The highest BCUT2D eigenvalue weighted by atomic mass is 16.6. The Hall–Kier alpha value is -4.34. The lowest BCUT2D eigenvalue weighted by Crippen LogP contribution is -2.19. The molecule has 29 heavy (non-hydrogen) atoms. The fourth-order valence-corrected chi connectivity index (χ4v) is 4.06. The number of carbonyl (C=O) groups is 2. The van der Waals surface area contributed by atoms with Crippen LogP contribution in [0.1, 0.15) is 20.7 Å². The van der Waals surface area contributed by atoms with Gasteiger partial charge in [-0.1, -0.05) is 48.5 Å². The van der Waals surface area contributed by atoms with Gasteiger partial charge in [-0.3, -0.25) is 0 Å². The Kier molecular flexibility index (Phi) is 3.02. The van der Waals surface area contributed by atoms with Crippen LogP contribution in [0.25, 0.3) is 43.1 Å². The predicted molar refractivity (Wildman–Crippen MR) is 110 cm³/mol. The summed E-state index contributed by atoms with van der Waals surface area (Å²) in [6.45, 7) is 0. The summed E-state index contributed by atoms with van der Waals surface area (Å²) in [6, 6.07) is 32.0. The molecule has 3 heteroatoms. The van der Waals surface area contributed by atoms with E-state index in [0.29, 0.717) is 16.5 Å². The molecule has 132 valence electrons. The van der Waals surface area contributed by atoms with Gasteiger partial charge < -0.3 is 4.74 Å². The summed E-state index contributed by atoms with van der Waals surface area (Å²) in [7, 11) is 0. The van der Waals surface area contributed by atoms with E-state index >= 15 is 0 Å². The Bertz CT molecular complexity index is 1450. The summed E-state index contributed by atoms with van der Waals surface area (Å²) < 4.78 is 4.87. The third-order valence-electron chi connectivity index (χ3n) is 5.35. The van der Waals surface area contributed by atoms with Crippen LogP contribution in [0.15, 0.2) is 60.7 Å². The normalized spacial score (nSPS) is 12.7. The van der Waals surface area contributed by atoms with E-state index in [-0.39, 0.29) is 0 Å². The van der Waals surface area contributed by atoms with Crippen LogP contribution in [0, 0.1) is 24.3 Å². The van der Waals surface area contributed by atoms with E-state index in [1.807, 2.05) is 36.4 Å². The van der Waals surface area contributed by atoms with Gasteiger partial charge in [0, 0.05) is 37.7 Å². The van der Waals surface area contributed by atoms with Crippen molar-refractivity contribution in [2.75, 3.05) is 0 Å². The summed E-state index contributed by atoms with van der Waals surface area (Å²) in [5.74, 6) is -1.28. The Morgan fingerprint density at radius 1 is 0.517 bits per heavy atom. The molecule has 0 N–H and O–H groups in total. The van der Waals surface area contributed by atoms with Crippen molar-refractivity contribution < 1.29 is 14.3 Å². The van der Waals surface area contributed by atoms with Crippen LogP contribution in [-0.4, -0.2) is 11.9 Å². The van der Waals surface area contributed by atoms with Gasteiger partial charge in [0.05, 0.1) is 11.1 Å². The average molecular weight is 370 g/mol. The SMILES string of the molecule is O=C1OC(=O)c2ccc3c#cc4cccc5cccc(c#cc6ccc1c2c63)c45. The highest BCUT2D eigenvalue weighted by Gasteiger charge is 2.28. The minimum absolute atomic E-state index is 0.364. The van der Waals surface area contributed by atoms with Crippen molar-refractivity contribution in [2.24, 2.45) is 0 Å². The van der Waals surface area contributed by atoms with E-state index in [1.165, 1.54) is 0 Å². The number of cyclic esters (lactones) is 2. The number of rotatable bonds is 0. The predicted octanol–water partition coefficient (Wildman–Crippen LogP) is 5.37. The molecule has 0 unspecified atom stereocenters. The maximum Gasteiger partial charge on any atom is 0.346 e. The van der Waals surface area contributed by atoms with E-state index < -0.39 is 11.9 Å². The zero-order chi connectivity index (χ0) is 19.5. The second-order valence-corrected chi connectivity index (χ2v) is 6.96. The lowest BCUT2D eigenvalue weighted by molar-refractivity contribution is 0.0391. The van der Waals surface area contributed by atoms with Crippen molar-refractivity contribution in [3.05, 3.63) is 96.1 Å². The van der Waals surface area contributed by atoms with Crippen molar-refractivity contribution in [1.82, 2.24) is 0 Å². The zero-order valence-corrected chi connectivity index (χ0v) is 15.0. The highest BCUT2D eigenvalue weighted by Crippen LogP contribution is 2.33. The van der Waals surface area contributed by atoms with Crippen LogP contribution in [0.4, 0.5) is 0 Å². The van der Waals surface area contributed by atoms with Crippen molar-refractivity contribution in [3.63, 3.8) is 0 Å². The van der Waals surface area contributed by atoms with Gasteiger partial charge in [0.15, 0.2) is 0 Å². The third kappa shape index (κ3) is 2.16. The molecule has 0 fully saturated rings. The summed E-state index contributed by atoms with van der Waals surface area (Å²) in [6.07, 6.45) is 0. The van der Waals surface area contributed by atoms with Crippen molar-refractivity contribution in [3.8, 4) is 0 Å². The Morgan fingerprint density at radius 3 is 1.52 bits per heavy atom. The molecular weight excluding hydrogens is 360 g/mol. The second kappa shape index (κ2) is 5.58. The van der Waals surface area contributed by atoms with Crippen molar-refractivity contribution in [2.45, 2.75) is 0 Å². The molecule has 1 aliphatic rings. The molecule has 0 aliphatic carbocycles. The Balaban J connectivity index is 1.89. The van der Waals surface area contributed by atoms with Crippen molar-refractivity contribution >= 4 is 55.0 Å². The van der Waals surface area contributed by atoms with Crippen LogP contribution in [0.5, 0.6) is 0 Å². The number of hydrogen-bond acceptors (Lipinski definition) is 3. The topological polar surface area (TPSA) is 43.4 Å². The number of ether oxygens (including phenoxy) is 1.